The first-order valence-corrected chi connectivity index (χ1v) is 12.6. The molecule has 1 saturated carbocycles. The predicted molar refractivity (Wildman–Crippen MR) is 115 cm³/mol. The summed E-state index contributed by atoms with van der Waals surface area (Å²) in [6.07, 6.45) is 3.98. The first kappa shape index (κ1) is 23.5. The number of imide groups is 1. The Morgan fingerprint density at radius 1 is 1.19 bits per heavy atom. The van der Waals surface area contributed by atoms with Gasteiger partial charge in [0.05, 0.1) is 18.1 Å². The molecule has 0 bridgehead atoms. The summed E-state index contributed by atoms with van der Waals surface area (Å²) in [5.41, 5.74) is 0.0473. The lowest BCUT2D eigenvalue weighted by molar-refractivity contribution is -0.118. The van der Waals surface area contributed by atoms with Crippen LogP contribution in [0.3, 0.4) is 0 Å². The molecular weight excluding hydrogens is 423 g/mol. The predicted octanol–water partition coefficient (Wildman–Crippen LogP) is 3.03. The summed E-state index contributed by atoms with van der Waals surface area (Å²) >= 11 is 0. The van der Waals surface area contributed by atoms with E-state index >= 15 is 0 Å². The number of hydrogen-bond acceptors (Lipinski definition) is 5. The molecule has 0 atom stereocenters. The normalized spacial score (nSPS) is 17.2. The maximum Gasteiger partial charge on any atom is 0.324 e. The van der Waals surface area contributed by atoms with Gasteiger partial charge in [-0.1, -0.05) is 26.3 Å². The molecule has 1 aromatic rings. The molecule has 0 aromatic heterocycles. The van der Waals surface area contributed by atoms with E-state index in [1.165, 1.54) is 11.0 Å². The highest BCUT2D eigenvalue weighted by atomic mass is 32.2. The van der Waals surface area contributed by atoms with Crippen LogP contribution in [-0.4, -0.2) is 56.5 Å². The Morgan fingerprint density at radius 3 is 2.58 bits per heavy atom. The fourth-order valence-electron chi connectivity index (χ4n) is 3.70. The molecule has 3 amide bonds. The molecule has 3 rings (SSSR count). The van der Waals surface area contributed by atoms with E-state index in [9.17, 15) is 22.4 Å². The molecule has 2 aliphatic rings. The molecule has 9 heteroatoms. The zero-order valence-electron chi connectivity index (χ0n) is 18.2. The van der Waals surface area contributed by atoms with Gasteiger partial charge in [-0.25, -0.2) is 17.6 Å². The number of carbonyl (C=O) groups is 2. The van der Waals surface area contributed by atoms with E-state index in [-0.39, 0.29) is 35.7 Å². The Hall–Kier alpha value is -2.16. The van der Waals surface area contributed by atoms with Crippen LogP contribution in [0.1, 0.15) is 51.5 Å². The van der Waals surface area contributed by atoms with Crippen molar-refractivity contribution < 1.29 is 27.1 Å². The second kappa shape index (κ2) is 9.54. The van der Waals surface area contributed by atoms with Crippen molar-refractivity contribution in [1.29, 1.82) is 0 Å². The van der Waals surface area contributed by atoms with Crippen molar-refractivity contribution in [2.45, 2.75) is 51.4 Å². The minimum absolute atomic E-state index is 0.0449. The van der Waals surface area contributed by atoms with E-state index in [0.717, 1.165) is 18.4 Å². The Bertz CT molecular complexity index is 928. The number of amides is 3. The lowest BCUT2D eigenvalue weighted by Crippen LogP contribution is -2.30. The largest absolute Gasteiger partial charge is 0.490 e. The van der Waals surface area contributed by atoms with Gasteiger partial charge in [-0.05, 0) is 49.3 Å². The van der Waals surface area contributed by atoms with Crippen LogP contribution in [0, 0.1) is 11.7 Å². The van der Waals surface area contributed by atoms with Crippen LogP contribution in [-0.2, 0) is 20.0 Å². The van der Waals surface area contributed by atoms with Gasteiger partial charge in [0.15, 0.2) is 21.4 Å². The van der Waals surface area contributed by atoms with E-state index in [1.54, 1.807) is 12.1 Å². The van der Waals surface area contributed by atoms with Gasteiger partial charge in [0.1, 0.15) is 6.54 Å². The number of nitrogens with one attached hydrogen (secondary N) is 1. The number of carbonyl (C=O) groups excluding carboxylic acids is 2. The highest BCUT2D eigenvalue weighted by molar-refractivity contribution is 7.91. The summed E-state index contributed by atoms with van der Waals surface area (Å²) < 4.78 is 45.0. The standard InChI is InChI=1S/C22H31FN2O5S/c1-22(2,17-8-9-18(23)19(12-17)30-14-16-6-7-16)15-31(28,29)11-5-3-4-10-25-13-20(26)24-21(25)27/h8-9,12,16H,3-7,10-11,13-15H2,1-2H3,(H,24,26,27). The molecule has 1 aromatic carbocycles. The van der Waals surface area contributed by atoms with Crippen LogP contribution < -0.4 is 10.1 Å². The van der Waals surface area contributed by atoms with E-state index < -0.39 is 21.1 Å². The third kappa shape index (κ3) is 6.92. The number of rotatable bonds is 12. The zero-order valence-corrected chi connectivity index (χ0v) is 19.0. The summed E-state index contributed by atoms with van der Waals surface area (Å²) in [5, 5.41) is 2.22. The number of nitrogens with zero attached hydrogens (tertiary/aromatic N) is 1. The molecule has 1 aliphatic heterocycles. The van der Waals surface area contributed by atoms with Gasteiger partial charge >= 0.3 is 6.03 Å². The van der Waals surface area contributed by atoms with Crippen molar-refractivity contribution >= 4 is 21.8 Å². The van der Waals surface area contributed by atoms with Crippen molar-refractivity contribution in [3.63, 3.8) is 0 Å². The van der Waals surface area contributed by atoms with Gasteiger partial charge in [-0.15, -0.1) is 0 Å². The minimum atomic E-state index is -3.33. The molecule has 0 radical (unpaired) electrons. The molecular formula is C22H31FN2O5S. The molecule has 172 valence electrons. The summed E-state index contributed by atoms with van der Waals surface area (Å²) in [7, 11) is -3.33. The summed E-state index contributed by atoms with van der Waals surface area (Å²) in [5.74, 6) is -0.0610. The van der Waals surface area contributed by atoms with Crippen LogP contribution in [0.25, 0.3) is 0 Å². The van der Waals surface area contributed by atoms with E-state index in [4.69, 9.17) is 4.74 Å². The Balaban J connectivity index is 1.48. The van der Waals surface area contributed by atoms with Crippen LogP contribution in [0.5, 0.6) is 5.75 Å². The maximum absolute atomic E-state index is 14.1. The summed E-state index contributed by atoms with van der Waals surface area (Å²) in [6, 6.07) is 4.19. The topological polar surface area (TPSA) is 92.8 Å². The molecule has 0 spiro atoms. The average Bonchev–Trinajstić information content (AvgIpc) is 3.43. The number of urea groups is 1. The van der Waals surface area contributed by atoms with Gasteiger partial charge in [-0.2, -0.15) is 0 Å². The molecule has 0 unspecified atom stereocenters. The lowest BCUT2D eigenvalue weighted by atomic mass is 9.86. The van der Waals surface area contributed by atoms with Crippen LogP contribution in [0.2, 0.25) is 0 Å². The number of sulfone groups is 1. The SMILES string of the molecule is CC(C)(CS(=O)(=O)CCCCCN1CC(=O)NC1=O)c1ccc(F)c(OCC2CC2)c1. The Labute approximate surface area is 183 Å². The maximum atomic E-state index is 14.1. The van der Waals surface area contributed by atoms with E-state index in [0.29, 0.717) is 38.3 Å². The quantitative estimate of drug-likeness (QED) is 0.387. The van der Waals surface area contributed by atoms with Gasteiger partial charge in [0.2, 0.25) is 5.91 Å². The molecule has 1 aliphatic carbocycles. The second-order valence-electron chi connectivity index (χ2n) is 9.21. The lowest BCUT2D eigenvalue weighted by Gasteiger charge is -2.26. The second-order valence-corrected chi connectivity index (χ2v) is 11.4. The first-order valence-electron chi connectivity index (χ1n) is 10.8. The van der Waals surface area contributed by atoms with E-state index in [1.807, 2.05) is 13.8 Å². The van der Waals surface area contributed by atoms with Gasteiger partial charge in [0, 0.05) is 12.0 Å². The fraction of sp³-hybridized carbons (Fsp3) is 0.636. The number of halogens is 1. The molecule has 1 N–H and O–H groups in total. The van der Waals surface area contributed by atoms with Crippen molar-refractivity contribution in [3.8, 4) is 5.75 Å². The Morgan fingerprint density at radius 2 is 1.94 bits per heavy atom. The van der Waals surface area contributed by atoms with Crippen molar-refractivity contribution in [3.05, 3.63) is 29.6 Å². The minimum Gasteiger partial charge on any atom is -0.490 e. The molecule has 1 heterocycles. The van der Waals surface area contributed by atoms with Crippen LogP contribution >= 0.6 is 0 Å². The van der Waals surface area contributed by atoms with Crippen molar-refractivity contribution in [1.82, 2.24) is 10.2 Å². The number of ether oxygens (including phenoxy) is 1. The number of unbranched alkanes of at least 4 members (excludes halogenated alkanes) is 2. The average molecular weight is 455 g/mol. The van der Waals surface area contributed by atoms with Gasteiger partial charge < -0.3 is 9.64 Å². The number of hydrogen-bond donors (Lipinski definition) is 1. The third-order valence-electron chi connectivity index (χ3n) is 5.72. The van der Waals surface area contributed by atoms with Crippen LogP contribution in [0.15, 0.2) is 18.2 Å². The highest BCUT2D eigenvalue weighted by Gasteiger charge is 2.30. The van der Waals surface area contributed by atoms with Crippen molar-refractivity contribution in [2.24, 2.45) is 5.92 Å². The molecule has 2 fully saturated rings. The molecule has 7 nitrogen and oxygen atoms in total. The smallest absolute Gasteiger partial charge is 0.324 e. The zero-order chi connectivity index (χ0) is 22.6. The van der Waals surface area contributed by atoms with Gasteiger partial charge in [-0.3, -0.25) is 10.1 Å². The third-order valence-corrected chi connectivity index (χ3v) is 7.79. The Kier molecular flexibility index (Phi) is 7.24. The molecule has 1 saturated heterocycles. The summed E-state index contributed by atoms with van der Waals surface area (Å²) in [4.78, 5) is 24.1. The van der Waals surface area contributed by atoms with Gasteiger partial charge in [0.25, 0.3) is 0 Å². The molecule has 31 heavy (non-hydrogen) atoms. The monoisotopic (exact) mass is 454 g/mol. The number of benzene rings is 1. The fourth-order valence-corrected chi connectivity index (χ4v) is 5.75. The van der Waals surface area contributed by atoms with Crippen molar-refractivity contribution in [2.75, 3.05) is 31.2 Å². The summed E-state index contributed by atoms with van der Waals surface area (Å²) in [6.45, 7) is 4.67. The first-order chi connectivity index (χ1) is 14.6. The highest BCUT2D eigenvalue weighted by Crippen LogP contribution is 2.33. The van der Waals surface area contributed by atoms with E-state index in [2.05, 4.69) is 5.32 Å². The van der Waals surface area contributed by atoms with Crippen LogP contribution in [0.4, 0.5) is 9.18 Å².